The number of nitrogens with one attached hydrogen (secondary N) is 2. The van der Waals surface area contributed by atoms with Crippen LogP contribution in [0.2, 0.25) is 0 Å². The van der Waals surface area contributed by atoms with Crippen LogP contribution in [-0.2, 0) is 18.5 Å². The van der Waals surface area contributed by atoms with Crippen LogP contribution >= 0.6 is 24.0 Å². The normalized spacial score (nSPS) is 15.4. The van der Waals surface area contributed by atoms with Gasteiger partial charge in [0.2, 0.25) is 5.89 Å². The number of rotatable bonds is 7. The monoisotopic (exact) mass is 555 g/mol. The smallest absolute Gasteiger partial charge is 0.213 e. The van der Waals surface area contributed by atoms with Crippen molar-refractivity contribution in [2.75, 3.05) is 44.2 Å². The number of hydrogen-bond acceptors (Lipinski definition) is 6. The first-order valence-corrected chi connectivity index (χ1v) is 11.3. The number of pyridine rings is 1. The van der Waals surface area contributed by atoms with Crippen LogP contribution in [0, 0.1) is 0 Å². The Morgan fingerprint density at radius 3 is 2.38 bits per heavy atom. The maximum absolute atomic E-state index is 5.85. The fraction of sp³-hybridized carbons (Fsp3) is 0.609. The number of aromatic nitrogens is 2. The molecule has 0 spiro atoms. The number of halogens is 1. The molecule has 1 aliphatic rings. The molecule has 9 heteroatoms. The summed E-state index contributed by atoms with van der Waals surface area (Å²) in [5.74, 6) is 3.32. The second-order valence-electron chi connectivity index (χ2n) is 8.86. The van der Waals surface area contributed by atoms with Gasteiger partial charge < -0.3 is 24.9 Å². The largest absolute Gasteiger partial charge is 0.443 e. The summed E-state index contributed by atoms with van der Waals surface area (Å²) in [7, 11) is 0. The minimum absolute atomic E-state index is 0. The van der Waals surface area contributed by atoms with Gasteiger partial charge in [-0.15, -0.1) is 24.0 Å². The van der Waals surface area contributed by atoms with E-state index in [-0.39, 0.29) is 29.4 Å². The van der Waals surface area contributed by atoms with Crippen molar-refractivity contribution in [1.29, 1.82) is 0 Å². The number of likely N-dealkylation sites (N-methyl/N-ethyl adjacent to an activating group) is 1. The summed E-state index contributed by atoms with van der Waals surface area (Å²) in [5.41, 5.74) is 1.03. The van der Waals surface area contributed by atoms with Crippen molar-refractivity contribution in [2.24, 2.45) is 4.99 Å². The van der Waals surface area contributed by atoms with Gasteiger partial charge in [-0.25, -0.2) is 15.0 Å². The summed E-state index contributed by atoms with van der Waals surface area (Å²) in [4.78, 5) is 18.5. The van der Waals surface area contributed by atoms with Crippen LogP contribution < -0.4 is 15.5 Å². The Balaban J connectivity index is 0.00000363. The average Bonchev–Trinajstić information content (AvgIpc) is 3.26. The average molecular weight is 556 g/mol. The van der Waals surface area contributed by atoms with Crippen LogP contribution in [-0.4, -0.2) is 60.1 Å². The van der Waals surface area contributed by atoms with Gasteiger partial charge in [-0.05, 0) is 25.1 Å². The highest BCUT2D eigenvalue weighted by atomic mass is 127. The standard InChI is InChI=1S/C23H37N7O.HI/c1-6-24-22(28-17-21-26-16-19(31-21)23(3,4)5)27-15-18-8-9-20(25-14-18)30-12-10-29(7-2)11-13-30;/h8-9,14,16H,6-7,10-13,15,17H2,1-5H3,(H2,24,27,28);1H. The van der Waals surface area contributed by atoms with E-state index < -0.39 is 0 Å². The van der Waals surface area contributed by atoms with E-state index in [1.165, 1.54) is 0 Å². The lowest BCUT2D eigenvalue weighted by Crippen LogP contribution is -2.46. The Morgan fingerprint density at radius 1 is 1.06 bits per heavy atom. The molecule has 2 aromatic heterocycles. The molecule has 178 valence electrons. The van der Waals surface area contributed by atoms with Crippen LogP contribution in [0.1, 0.15) is 51.8 Å². The summed E-state index contributed by atoms with van der Waals surface area (Å²) in [6, 6.07) is 4.22. The number of hydrogen-bond donors (Lipinski definition) is 2. The van der Waals surface area contributed by atoms with Gasteiger partial charge >= 0.3 is 0 Å². The highest BCUT2D eigenvalue weighted by Gasteiger charge is 2.19. The minimum atomic E-state index is -0.0490. The van der Waals surface area contributed by atoms with Crippen molar-refractivity contribution >= 4 is 35.8 Å². The third kappa shape index (κ3) is 7.61. The van der Waals surface area contributed by atoms with Crippen LogP contribution in [0.5, 0.6) is 0 Å². The predicted molar refractivity (Wildman–Crippen MR) is 141 cm³/mol. The first-order valence-electron chi connectivity index (χ1n) is 11.3. The van der Waals surface area contributed by atoms with Gasteiger partial charge in [-0.2, -0.15) is 0 Å². The lowest BCUT2D eigenvalue weighted by Gasteiger charge is -2.34. The Morgan fingerprint density at radius 2 is 1.81 bits per heavy atom. The summed E-state index contributed by atoms with van der Waals surface area (Å²) in [6.07, 6.45) is 3.73. The lowest BCUT2D eigenvalue weighted by atomic mass is 9.94. The SMILES string of the molecule is CCNC(=NCc1ccc(N2CCN(CC)CC2)nc1)NCc1ncc(C(C)(C)C)o1.I. The zero-order chi connectivity index (χ0) is 22.3. The molecule has 1 saturated heterocycles. The maximum Gasteiger partial charge on any atom is 0.213 e. The Hall–Kier alpha value is -1.88. The molecular weight excluding hydrogens is 517 g/mol. The molecule has 0 aromatic carbocycles. The number of oxazole rings is 1. The van der Waals surface area contributed by atoms with E-state index in [1.54, 1.807) is 6.20 Å². The van der Waals surface area contributed by atoms with Gasteiger partial charge in [0, 0.05) is 44.3 Å². The summed E-state index contributed by atoms with van der Waals surface area (Å²) >= 11 is 0. The zero-order valence-electron chi connectivity index (χ0n) is 20.0. The molecule has 0 amide bonds. The van der Waals surface area contributed by atoms with Crippen LogP contribution in [0.3, 0.4) is 0 Å². The van der Waals surface area contributed by atoms with E-state index in [4.69, 9.17) is 4.42 Å². The van der Waals surface area contributed by atoms with Crippen LogP contribution in [0.4, 0.5) is 5.82 Å². The third-order valence-corrected chi connectivity index (χ3v) is 5.42. The molecule has 32 heavy (non-hydrogen) atoms. The van der Waals surface area contributed by atoms with Crippen molar-refractivity contribution in [3.63, 3.8) is 0 Å². The highest BCUT2D eigenvalue weighted by Crippen LogP contribution is 2.22. The molecule has 2 N–H and O–H groups in total. The molecule has 8 nitrogen and oxygen atoms in total. The zero-order valence-corrected chi connectivity index (χ0v) is 22.3. The van der Waals surface area contributed by atoms with Crippen molar-refractivity contribution in [3.8, 4) is 0 Å². The van der Waals surface area contributed by atoms with E-state index >= 15 is 0 Å². The molecule has 3 heterocycles. The lowest BCUT2D eigenvalue weighted by molar-refractivity contribution is 0.270. The minimum Gasteiger partial charge on any atom is -0.443 e. The second-order valence-corrected chi connectivity index (χ2v) is 8.86. The summed E-state index contributed by atoms with van der Waals surface area (Å²) < 4.78 is 5.85. The molecular formula is C23H38IN7O. The number of anilines is 1. The van der Waals surface area contributed by atoms with E-state index in [9.17, 15) is 0 Å². The van der Waals surface area contributed by atoms with Gasteiger partial charge in [0.25, 0.3) is 0 Å². The number of guanidine groups is 1. The molecule has 0 radical (unpaired) electrons. The molecule has 1 aliphatic heterocycles. The fourth-order valence-electron chi connectivity index (χ4n) is 3.40. The molecule has 0 aliphatic carbocycles. The summed E-state index contributed by atoms with van der Waals surface area (Å²) in [6.45, 7) is 17.8. The van der Waals surface area contributed by atoms with E-state index in [0.717, 1.165) is 62.4 Å². The first kappa shape index (κ1) is 26.4. The van der Waals surface area contributed by atoms with E-state index in [0.29, 0.717) is 19.0 Å². The second kappa shape index (κ2) is 12.4. The number of piperazine rings is 1. The Bertz CT molecular complexity index is 837. The molecule has 0 atom stereocenters. The van der Waals surface area contributed by atoms with Crippen molar-refractivity contribution in [1.82, 2.24) is 25.5 Å². The maximum atomic E-state index is 5.85. The van der Waals surface area contributed by atoms with Crippen molar-refractivity contribution < 1.29 is 4.42 Å². The third-order valence-electron chi connectivity index (χ3n) is 5.42. The number of nitrogens with zero attached hydrogens (tertiary/aromatic N) is 5. The molecule has 0 bridgehead atoms. The Labute approximate surface area is 209 Å². The topological polar surface area (TPSA) is 81.8 Å². The molecule has 2 aromatic rings. The highest BCUT2D eigenvalue weighted by molar-refractivity contribution is 14.0. The molecule has 0 saturated carbocycles. The van der Waals surface area contributed by atoms with Crippen LogP contribution in [0.15, 0.2) is 33.9 Å². The fourth-order valence-corrected chi connectivity index (χ4v) is 3.40. The number of aliphatic imine (C=N–C) groups is 1. The van der Waals surface area contributed by atoms with Gasteiger partial charge in [-0.1, -0.05) is 33.8 Å². The van der Waals surface area contributed by atoms with Crippen LogP contribution in [0.25, 0.3) is 0 Å². The molecule has 0 unspecified atom stereocenters. The molecule has 3 rings (SSSR count). The van der Waals surface area contributed by atoms with E-state index in [1.807, 2.05) is 6.20 Å². The molecule has 1 fully saturated rings. The van der Waals surface area contributed by atoms with Gasteiger partial charge in [0.1, 0.15) is 11.6 Å². The summed E-state index contributed by atoms with van der Waals surface area (Å²) in [5, 5.41) is 6.56. The quantitative estimate of drug-likeness (QED) is 0.308. The van der Waals surface area contributed by atoms with Gasteiger partial charge in [-0.3, -0.25) is 0 Å². The first-order chi connectivity index (χ1) is 14.9. The predicted octanol–water partition coefficient (Wildman–Crippen LogP) is 3.38. The van der Waals surface area contributed by atoms with E-state index in [2.05, 4.69) is 82.1 Å². The van der Waals surface area contributed by atoms with Crippen molar-refractivity contribution in [3.05, 3.63) is 41.7 Å². The van der Waals surface area contributed by atoms with Gasteiger partial charge in [0.15, 0.2) is 5.96 Å². The van der Waals surface area contributed by atoms with Crippen molar-refractivity contribution in [2.45, 2.75) is 53.1 Å². The Kier molecular flexibility index (Phi) is 10.2. The van der Waals surface area contributed by atoms with Gasteiger partial charge in [0.05, 0.1) is 19.3 Å².